The van der Waals surface area contributed by atoms with Crippen LogP contribution in [0.25, 0.3) is 0 Å². The highest BCUT2D eigenvalue weighted by Crippen LogP contribution is 2.32. The fourth-order valence-electron chi connectivity index (χ4n) is 0.933. The summed E-state index contributed by atoms with van der Waals surface area (Å²) >= 11 is 11.4. The van der Waals surface area contributed by atoms with E-state index < -0.39 is 12.6 Å². The van der Waals surface area contributed by atoms with Gasteiger partial charge in [0.15, 0.2) is 5.69 Å². The van der Waals surface area contributed by atoms with Crippen molar-refractivity contribution < 1.29 is 13.9 Å². The summed E-state index contributed by atoms with van der Waals surface area (Å²) in [6.45, 7) is -0.940. The number of anilines is 1. The third-order valence-corrected chi connectivity index (χ3v) is 2.49. The van der Waals surface area contributed by atoms with Gasteiger partial charge in [-0.25, -0.2) is 14.2 Å². The van der Waals surface area contributed by atoms with Crippen molar-refractivity contribution in [1.29, 1.82) is 0 Å². The van der Waals surface area contributed by atoms with Crippen LogP contribution in [0.15, 0.2) is 0 Å². The first-order valence-corrected chi connectivity index (χ1v) is 4.56. The minimum absolute atomic E-state index is 0.0821. The van der Waals surface area contributed by atoms with Crippen molar-refractivity contribution in [1.82, 2.24) is 4.98 Å². The van der Waals surface area contributed by atoms with Crippen molar-refractivity contribution in [3.63, 3.8) is 0 Å². The Morgan fingerprint density at radius 1 is 1.53 bits per heavy atom. The molecule has 0 bridgehead atoms. The lowest BCUT2D eigenvalue weighted by atomic mass is 10.2. The Labute approximate surface area is 95.1 Å². The summed E-state index contributed by atoms with van der Waals surface area (Å²) in [6.07, 6.45) is 0. The summed E-state index contributed by atoms with van der Waals surface area (Å²) in [6, 6.07) is 0. The predicted molar refractivity (Wildman–Crippen MR) is 54.8 cm³/mol. The Balaban J connectivity index is 3.41. The van der Waals surface area contributed by atoms with E-state index in [0.717, 1.165) is 7.11 Å². The van der Waals surface area contributed by atoms with Gasteiger partial charge in [0.25, 0.3) is 0 Å². The molecule has 1 aromatic rings. The van der Waals surface area contributed by atoms with Gasteiger partial charge in [0, 0.05) is 0 Å². The van der Waals surface area contributed by atoms with E-state index in [1.807, 2.05) is 0 Å². The van der Waals surface area contributed by atoms with Crippen LogP contribution in [0.3, 0.4) is 0 Å². The molecule has 0 fully saturated rings. The number of aromatic nitrogens is 1. The van der Waals surface area contributed by atoms with Crippen molar-refractivity contribution in [3.05, 3.63) is 21.4 Å². The molecule has 0 aliphatic heterocycles. The van der Waals surface area contributed by atoms with E-state index in [1.54, 1.807) is 0 Å². The number of nitrogens with two attached hydrogens (primary N) is 1. The lowest BCUT2D eigenvalue weighted by molar-refractivity contribution is 0.0594. The van der Waals surface area contributed by atoms with E-state index in [1.165, 1.54) is 0 Å². The topological polar surface area (TPSA) is 65.2 Å². The molecule has 0 atom stereocenters. The quantitative estimate of drug-likeness (QED) is 0.820. The summed E-state index contributed by atoms with van der Waals surface area (Å²) in [5.74, 6) is -0.793. The molecule has 1 rings (SSSR count). The number of hydrogen-bond acceptors (Lipinski definition) is 4. The molecule has 0 amide bonds. The molecule has 0 aromatic carbocycles. The Bertz CT molecular complexity index is 412. The van der Waals surface area contributed by atoms with Crippen LogP contribution in [0, 0.1) is 0 Å². The van der Waals surface area contributed by atoms with Crippen LogP contribution in [0.2, 0.25) is 10.0 Å². The first-order chi connectivity index (χ1) is 7.02. The molecule has 0 aliphatic rings. The molecular weight excluding hydrogens is 246 g/mol. The second-order valence-corrected chi connectivity index (χ2v) is 3.33. The number of nitrogens with zero attached hydrogens (tertiary/aromatic N) is 1. The Kier molecular flexibility index (Phi) is 3.71. The number of esters is 1. The average Bonchev–Trinajstić information content (AvgIpc) is 2.25. The fourth-order valence-corrected chi connectivity index (χ4v) is 1.38. The van der Waals surface area contributed by atoms with Crippen LogP contribution >= 0.6 is 23.2 Å². The number of methoxy groups -OCH3 is 1. The molecule has 0 spiro atoms. The number of alkyl halides is 1. The number of halogens is 3. The van der Waals surface area contributed by atoms with E-state index in [-0.39, 0.29) is 27.1 Å². The molecule has 7 heteroatoms. The molecule has 0 radical (unpaired) electrons. The highest BCUT2D eigenvalue weighted by atomic mass is 35.5. The third kappa shape index (κ3) is 2.13. The minimum Gasteiger partial charge on any atom is -0.464 e. The van der Waals surface area contributed by atoms with Gasteiger partial charge in [-0.3, -0.25) is 0 Å². The van der Waals surface area contributed by atoms with Gasteiger partial charge in [-0.15, -0.1) is 0 Å². The number of hydrogen-bond donors (Lipinski definition) is 1. The highest BCUT2D eigenvalue weighted by molar-refractivity contribution is 6.40. The summed E-state index contributed by atoms with van der Waals surface area (Å²) in [4.78, 5) is 14.8. The Hall–Kier alpha value is -1.07. The van der Waals surface area contributed by atoms with Crippen LogP contribution in [-0.2, 0) is 11.4 Å². The van der Waals surface area contributed by atoms with E-state index in [9.17, 15) is 9.18 Å². The Morgan fingerprint density at radius 3 is 2.60 bits per heavy atom. The van der Waals surface area contributed by atoms with Gasteiger partial charge in [0.2, 0.25) is 0 Å². The normalized spacial score (nSPS) is 10.1. The second-order valence-electron chi connectivity index (χ2n) is 2.57. The summed E-state index contributed by atoms with van der Waals surface area (Å²) in [5.41, 5.74) is 5.01. The molecule has 0 aliphatic carbocycles. The molecule has 0 saturated carbocycles. The monoisotopic (exact) mass is 252 g/mol. The summed E-state index contributed by atoms with van der Waals surface area (Å²) < 4.78 is 16.9. The largest absolute Gasteiger partial charge is 0.464 e. The lowest BCUT2D eigenvalue weighted by Gasteiger charge is -2.08. The predicted octanol–water partition coefficient (Wildman–Crippen LogP) is 2.23. The molecule has 1 aromatic heterocycles. The molecule has 1 heterocycles. The molecule has 0 saturated heterocycles. The highest BCUT2D eigenvalue weighted by Gasteiger charge is 2.20. The number of carbonyl (C=O) groups excluding carboxylic acids is 1. The van der Waals surface area contributed by atoms with Crippen molar-refractivity contribution >= 4 is 34.9 Å². The van der Waals surface area contributed by atoms with Gasteiger partial charge in [0.05, 0.1) is 28.5 Å². The van der Waals surface area contributed by atoms with Gasteiger partial charge in [-0.2, -0.15) is 0 Å². The number of nitrogen functional groups attached to an aromatic ring is 1. The van der Waals surface area contributed by atoms with Crippen molar-refractivity contribution in [2.45, 2.75) is 6.67 Å². The first-order valence-electron chi connectivity index (χ1n) is 3.80. The number of rotatable bonds is 2. The van der Waals surface area contributed by atoms with E-state index in [2.05, 4.69) is 9.72 Å². The van der Waals surface area contributed by atoms with Gasteiger partial charge < -0.3 is 10.5 Å². The first kappa shape index (κ1) is 12.0. The fraction of sp³-hybridized carbons (Fsp3) is 0.250. The summed E-state index contributed by atoms with van der Waals surface area (Å²) in [5, 5.41) is -0.223. The smallest absolute Gasteiger partial charge is 0.358 e. The number of pyridine rings is 1. The van der Waals surface area contributed by atoms with Crippen LogP contribution < -0.4 is 5.73 Å². The number of ether oxygens (including phenoxy) is 1. The molecular formula is C8H7Cl2FN2O2. The SMILES string of the molecule is COC(=O)c1nc(CF)c(Cl)c(N)c1Cl. The van der Waals surface area contributed by atoms with Gasteiger partial charge in [-0.1, -0.05) is 23.2 Å². The van der Waals surface area contributed by atoms with Crippen LogP contribution in [-0.4, -0.2) is 18.1 Å². The van der Waals surface area contributed by atoms with E-state index in [0.29, 0.717) is 0 Å². The zero-order chi connectivity index (χ0) is 11.6. The van der Waals surface area contributed by atoms with Crippen molar-refractivity contribution in [3.8, 4) is 0 Å². The van der Waals surface area contributed by atoms with Crippen LogP contribution in [0.1, 0.15) is 16.2 Å². The molecule has 2 N–H and O–H groups in total. The van der Waals surface area contributed by atoms with Crippen LogP contribution in [0.5, 0.6) is 0 Å². The third-order valence-electron chi connectivity index (χ3n) is 1.69. The van der Waals surface area contributed by atoms with Crippen molar-refractivity contribution in [2.75, 3.05) is 12.8 Å². The molecule has 15 heavy (non-hydrogen) atoms. The molecule has 4 nitrogen and oxygen atoms in total. The summed E-state index contributed by atoms with van der Waals surface area (Å²) in [7, 11) is 1.15. The van der Waals surface area contributed by atoms with E-state index in [4.69, 9.17) is 28.9 Å². The molecule has 0 unspecified atom stereocenters. The van der Waals surface area contributed by atoms with Gasteiger partial charge in [-0.05, 0) is 0 Å². The molecule has 82 valence electrons. The van der Waals surface area contributed by atoms with E-state index >= 15 is 0 Å². The van der Waals surface area contributed by atoms with Crippen molar-refractivity contribution in [2.24, 2.45) is 0 Å². The second kappa shape index (κ2) is 4.63. The maximum Gasteiger partial charge on any atom is 0.358 e. The van der Waals surface area contributed by atoms with Gasteiger partial charge >= 0.3 is 5.97 Å². The average molecular weight is 253 g/mol. The maximum atomic E-state index is 12.4. The Morgan fingerprint density at radius 2 is 2.13 bits per heavy atom. The maximum absolute atomic E-state index is 12.4. The van der Waals surface area contributed by atoms with Gasteiger partial charge in [0.1, 0.15) is 6.67 Å². The minimum atomic E-state index is -0.940. The van der Waals surface area contributed by atoms with Crippen LogP contribution in [0.4, 0.5) is 10.1 Å². The lowest BCUT2D eigenvalue weighted by Crippen LogP contribution is -2.09. The standard InChI is InChI=1S/C8H7Cl2FN2O2/c1-15-8(14)7-5(10)6(12)4(9)3(2-11)13-7/h2H2,1H3,(H2,12,13). The zero-order valence-corrected chi connectivity index (χ0v) is 9.19. The number of carbonyl (C=O) groups is 1. The zero-order valence-electron chi connectivity index (χ0n) is 7.68.